The van der Waals surface area contributed by atoms with Gasteiger partial charge < -0.3 is 10.1 Å². The molecular weight excluding hydrogens is 214 g/mol. The Labute approximate surface area is 103 Å². The van der Waals surface area contributed by atoms with Crippen LogP contribution < -0.4 is 5.32 Å². The lowest BCUT2D eigenvalue weighted by molar-refractivity contribution is 0.0610. The third-order valence-electron chi connectivity index (χ3n) is 3.55. The van der Waals surface area contributed by atoms with E-state index in [9.17, 15) is 0 Å². The zero-order valence-electron chi connectivity index (χ0n) is 10.8. The molecule has 0 spiro atoms. The van der Waals surface area contributed by atoms with Gasteiger partial charge in [0.25, 0.3) is 0 Å². The number of ether oxygens (including phenoxy) is 1. The molecule has 0 bridgehead atoms. The van der Waals surface area contributed by atoms with E-state index in [2.05, 4.69) is 17.3 Å². The Morgan fingerprint density at radius 1 is 1.41 bits per heavy atom. The van der Waals surface area contributed by atoms with E-state index < -0.39 is 0 Å². The molecule has 1 aromatic heterocycles. The van der Waals surface area contributed by atoms with Crippen molar-refractivity contribution in [1.82, 2.24) is 15.1 Å². The average Bonchev–Trinajstić information content (AvgIpc) is 2.82. The second kappa shape index (κ2) is 6.17. The molecule has 4 heteroatoms. The van der Waals surface area contributed by atoms with Crippen molar-refractivity contribution in [2.45, 2.75) is 57.3 Å². The van der Waals surface area contributed by atoms with Crippen LogP contribution in [-0.2, 0) is 11.3 Å². The van der Waals surface area contributed by atoms with Crippen LogP contribution in [0.1, 0.15) is 32.6 Å². The number of hydrogen-bond acceptors (Lipinski definition) is 3. The van der Waals surface area contributed by atoms with E-state index in [4.69, 9.17) is 4.74 Å². The van der Waals surface area contributed by atoms with E-state index in [0.717, 1.165) is 6.54 Å². The van der Waals surface area contributed by atoms with Gasteiger partial charge in [0, 0.05) is 31.6 Å². The summed E-state index contributed by atoms with van der Waals surface area (Å²) in [5.41, 5.74) is 0. The monoisotopic (exact) mass is 237 g/mol. The Morgan fingerprint density at radius 3 is 2.76 bits per heavy atom. The third-order valence-corrected chi connectivity index (χ3v) is 3.55. The highest BCUT2D eigenvalue weighted by Gasteiger charge is 2.21. The van der Waals surface area contributed by atoms with Crippen molar-refractivity contribution in [2.24, 2.45) is 0 Å². The fourth-order valence-corrected chi connectivity index (χ4v) is 2.61. The van der Waals surface area contributed by atoms with Crippen molar-refractivity contribution < 1.29 is 4.74 Å². The van der Waals surface area contributed by atoms with Gasteiger partial charge in [0.2, 0.25) is 0 Å². The molecule has 0 amide bonds. The van der Waals surface area contributed by atoms with Crippen LogP contribution >= 0.6 is 0 Å². The minimum atomic E-state index is 0.471. The number of nitrogens with zero attached hydrogens (tertiary/aromatic N) is 2. The van der Waals surface area contributed by atoms with Crippen LogP contribution in [0.5, 0.6) is 0 Å². The molecule has 0 radical (unpaired) electrons. The molecule has 1 heterocycles. The van der Waals surface area contributed by atoms with Crippen LogP contribution in [0.25, 0.3) is 0 Å². The smallest absolute Gasteiger partial charge is 0.0572 e. The number of rotatable bonds is 5. The summed E-state index contributed by atoms with van der Waals surface area (Å²) >= 11 is 0. The van der Waals surface area contributed by atoms with E-state index in [1.54, 1.807) is 0 Å². The zero-order chi connectivity index (χ0) is 12.1. The maximum absolute atomic E-state index is 5.39. The predicted octanol–water partition coefficient (Wildman–Crippen LogP) is 1.82. The topological polar surface area (TPSA) is 39.1 Å². The van der Waals surface area contributed by atoms with Crippen LogP contribution in [0.4, 0.5) is 0 Å². The van der Waals surface area contributed by atoms with Crippen molar-refractivity contribution in [3.8, 4) is 0 Å². The molecule has 1 unspecified atom stereocenters. The van der Waals surface area contributed by atoms with Crippen molar-refractivity contribution in [2.75, 3.05) is 7.11 Å². The summed E-state index contributed by atoms with van der Waals surface area (Å²) in [6.45, 7) is 3.17. The molecule has 1 N–H and O–H groups in total. The van der Waals surface area contributed by atoms with Crippen molar-refractivity contribution in [3.63, 3.8) is 0 Å². The van der Waals surface area contributed by atoms with Gasteiger partial charge in [-0.05, 0) is 38.7 Å². The maximum Gasteiger partial charge on any atom is 0.0572 e. The number of methoxy groups -OCH3 is 1. The van der Waals surface area contributed by atoms with Crippen LogP contribution in [0.15, 0.2) is 18.5 Å². The second-order valence-electron chi connectivity index (χ2n) is 5.01. The zero-order valence-corrected chi connectivity index (χ0v) is 10.8. The SMILES string of the molecule is COC1CCC(NC(C)Cn2cccn2)CC1. The van der Waals surface area contributed by atoms with E-state index >= 15 is 0 Å². The van der Waals surface area contributed by atoms with Gasteiger partial charge in [-0.3, -0.25) is 4.68 Å². The van der Waals surface area contributed by atoms with E-state index in [1.807, 2.05) is 30.3 Å². The molecule has 0 saturated heterocycles. The second-order valence-corrected chi connectivity index (χ2v) is 5.01. The Balaban J connectivity index is 1.70. The maximum atomic E-state index is 5.39. The minimum absolute atomic E-state index is 0.471. The molecular formula is C13H23N3O. The number of nitrogens with one attached hydrogen (secondary N) is 1. The van der Waals surface area contributed by atoms with Gasteiger partial charge in [0.1, 0.15) is 0 Å². The number of aromatic nitrogens is 2. The fraction of sp³-hybridized carbons (Fsp3) is 0.769. The van der Waals surface area contributed by atoms with Gasteiger partial charge in [-0.1, -0.05) is 0 Å². The molecule has 1 saturated carbocycles. The summed E-state index contributed by atoms with van der Waals surface area (Å²) in [4.78, 5) is 0. The van der Waals surface area contributed by atoms with Gasteiger partial charge in [0.05, 0.1) is 12.6 Å². The minimum Gasteiger partial charge on any atom is -0.381 e. The summed E-state index contributed by atoms with van der Waals surface area (Å²) in [5.74, 6) is 0. The summed E-state index contributed by atoms with van der Waals surface area (Å²) in [5, 5.41) is 7.92. The molecule has 0 aliphatic heterocycles. The van der Waals surface area contributed by atoms with Crippen LogP contribution in [0.3, 0.4) is 0 Å². The summed E-state index contributed by atoms with van der Waals surface area (Å²) in [6, 6.07) is 3.09. The van der Waals surface area contributed by atoms with Crippen LogP contribution in [0, 0.1) is 0 Å². The van der Waals surface area contributed by atoms with Gasteiger partial charge in [-0.15, -0.1) is 0 Å². The van der Waals surface area contributed by atoms with Crippen molar-refractivity contribution in [1.29, 1.82) is 0 Å². The van der Waals surface area contributed by atoms with Crippen molar-refractivity contribution in [3.05, 3.63) is 18.5 Å². The lowest BCUT2D eigenvalue weighted by Crippen LogP contribution is -2.42. The molecule has 17 heavy (non-hydrogen) atoms. The van der Waals surface area contributed by atoms with E-state index in [-0.39, 0.29) is 0 Å². The summed E-state index contributed by atoms with van der Waals surface area (Å²) in [6.07, 6.45) is 9.14. The Morgan fingerprint density at radius 2 is 2.18 bits per heavy atom. The lowest BCUT2D eigenvalue weighted by Gasteiger charge is -2.30. The normalized spacial score (nSPS) is 26.9. The van der Waals surface area contributed by atoms with Gasteiger partial charge in [-0.2, -0.15) is 5.10 Å². The van der Waals surface area contributed by atoms with Gasteiger partial charge >= 0.3 is 0 Å². The lowest BCUT2D eigenvalue weighted by atomic mass is 9.92. The van der Waals surface area contributed by atoms with E-state index in [0.29, 0.717) is 18.2 Å². The van der Waals surface area contributed by atoms with Crippen LogP contribution in [0.2, 0.25) is 0 Å². The molecule has 1 atom stereocenters. The largest absolute Gasteiger partial charge is 0.381 e. The van der Waals surface area contributed by atoms with Crippen LogP contribution in [-0.4, -0.2) is 35.1 Å². The molecule has 1 aliphatic rings. The van der Waals surface area contributed by atoms with E-state index in [1.165, 1.54) is 25.7 Å². The quantitative estimate of drug-likeness (QED) is 0.849. The van der Waals surface area contributed by atoms with Gasteiger partial charge in [-0.25, -0.2) is 0 Å². The Hall–Kier alpha value is -0.870. The first-order chi connectivity index (χ1) is 8.28. The summed E-state index contributed by atoms with van der Waals surface area (Å²) < 4.78 is 7.37. The predicted molar refractivity (Wildman–Crippen MR) is 67.9 cm³/mol. The third kappa shape index (κ3) is 3.82. The molecule has 0 aromatic carbocycles. The molecule has 96 valence electrons. The van der Waals surface area contributed by atoms with Gasteiger partial charge in [0.15, 0.2) is 0 Å². The Bertz CT molecular complexity index is 304. The molecule has 1 aliphatic carbocycles. The Kier molecular flexibility index (Phi) is 4.57. The van der Waals surface area contributed by atoms with Crippen molar-refractivity contribution >= 4 is 0 Å². The average molecular weight is 237 g/mol. The fourth-order valence-electron chi connectivity index (χ4n) is 2.61. The molecule has 4 nitrogen and oxygen atoms in total. The molecule has 2 rings (SSSR count). The standard InChI is InChI=1S/C13H23N3O/c1-11(10-16-9-3-8-14-16)15-12-4-6-13(17-2)7-5-12/h3,8-9,11-13,15H,4-7,10H2,1-2H3. The first-order valence-corrected chi connectivity index (χ1v) is 6.54. The highest BCUT2D eigenvalue weighted by molar-refractivity contribution is 4.82. The number of hydrogen-bond donors (Lipinski definition) is 1. The highest BCUT2D eigenvalue weighted by atomic mass is 16.5. The first kappa shape index (κ1) is 12.6. The highest BCUT2D eigenvalue weighted by Crippen LogP contribution is 2.20. The molecule has 1 aromatic rings. The summed E-state index contributed by atoms with van der Waals surface area (Å²) in [7, 11) is 1.82. The first-order valence-electron chi connectivity index (χ1n) is 6.54. The molecule has 1 fully saturated rings.